The largest absolute Gasteiger partial charge is 0.314 e. The zero-order chi connectivity index (χ0) is 13.1. The van der Waals surface area contributed by atoms with Gasteiger partial charge in [-0.15, -0.1) is 11.3 Å². The van der Waals surface area contributed by atoms with Gasteiger partial charge in [-0.05, 0) is 25.5 Å². The Morgan fingerprint density at radius 2 is 1.95 bits per heavy atom. The molecule has 3 rings (SSSR count). The molecule has 3 heteroatoms. The molecule has 100 valence electrons. The number of hydrogen-bond donors (Lipinski definition) is 1. The average Bonchev–Trinajstić information content (AvgIpc) is 3.09. The molecular weight excluding hydrogens is 252 g/mol. The van der Waals surface area contributed by atoms with E-state index in [2.05, 4.69) is 41.0 Å². The van der Waals surface area contributed by atoms with E-state index in [9.17, 15) is 0 Å². The van der Waals surface area contributed by atoms with Crippen molar-refractivity contribution in [2.75, 3.05) is 7.05 Å². The highest BCUT2D eigenvalue weighted by Gasteiger charge is 2.39. The van der Waals surface area contributed by atoms with E-state index in [1.54, 1.807) is 0 Å². The summed E-state index contributed by atoms with van der Waals surface area (Å²) in [4.78, 5) is 4.89. The molecule has 1 heterocycles. The normalized spacial score (nSPS) is 17.7. The minimum absolute atomic E-state index is 0.178. The maximum atomic E-state index is 4.89. The first-order valence-corrected chi connectivity index (χ1v) is 7.88. The third-order valence-electron chi connectivity index (χ3n) is 4.10. The number of thiazole rings is 1. The van der Waals surface area contributed by atoms with Crippen LogP contribution in [0.2, 0.25) is 0 Å². The molecule has 19 heavy (non-hydrogen) atoms. The number of nitrogens with one attached hydrogen (secondary N) is 1. The van der Waals surface area contributed by atoms with Gasteiger partial charge in [-0.3, -0.25) is 0 Å². The van der Waals surface area contributed by atoms with Crippen LogP contribution in [0.4, 0.5) is 0 Å². The molecule has 1 aliphatic carbocycles. The molecule has 2 nitrogen and oxygen atoms in total. The number of aromatic nitrogens is 1. The van der Waals surface area contributed by atoms with Crippen molar-refractivity contribution < 1.29 is 0 Å². The van der Waals surface area contributed by atoms with Crippen molar-refractivity contribution in [3.05, 3.63) is 52.0 Å². The van der Waals surface area contributed by atoms with Crippen molar-refractivity contribution in [3.8, 4) is 0 Å². The van der Waals surface area contributed by atoms with Crippen molar-refractivity contribution in [1.82, 2.24) is 10.3 Å². The quantitative estimate of drug-likeness (QED) is 0.917. The van der Waals surface area contributed by atoms with Crippen molar-refractivity contribution in [2.24, 2.45) is 0 Å². The van der Waals surface area contributed by atoms with Gasteiger partial charge in [0, 0.05) is 17.3 Å². The molecule has 1 aliphatic rings. The Labute approximate surface area is 118 Å². The molecule has 0 bridgehead atoms. The predicted octanol–water partition coefficient (Wildman–Crippen LogP) is 3.72. The van der Waals surface area contributed by atoms with Gasteiger partial charge < -0.3 is 5.32 Å². The SMILES string of the molecule is CNCc1csc(C2(c3ccccc3)CCCC2)n1. The fourth-order valence-corrected chi connectivity index (χ4v) is 4.25. The van der Waals surface area contributed by atoms with Crippen LogP contribution in [0.15, 0.2) is 35.7 Å². The zero-order valence-electron chi connectivity index (χ0n) is 11.4. The monoisotopic (exact) mass is 272 g/mol. The van der Waals surface area contributed by atoms with Crippen LogP contribution in [-0.4, -0.2) is 12.0 Å². The van der Waals surface area contributed by atoms with Crippen LogP contribution in [0.1, 0.15) is 41.9 Å². The predicted molar refractivity (Wildman–Crippen MR) is 80.6 cm³/mol. The fourth-order valence-electron chi connectivity index (χ4n) is 3.15. The standard InChI is InChI=1S/C16H20N2S/c1-17-11-14-12-19-15(18-14)16(9-5-6-10-16)13-7-3-2-4-8-13/h2-4,7-8,12,17H,5-6,9-11H2,1H3. The molecule has 1 N–H and O–H groups in total. The summed E-state index contributed by atoms with van der Waals surface area (Å²) in [5.41, 5.74) is 2.79. The van der Waals surface area contributed by atoms with Crippen LogP contribution in [0.5, 0.6) is 0 Å². The van der Waals surface area contributed by atoms with Crippen molar-refractivity contribution in [2.45, 2.75) is 37.6 Å². The molecule has 0 unspecified atom stereocenters. The van der Waals surface area contributed by atoms with Gasteiger partial charge in [0.1, 0.15) is 5.01 Å². The van der Waals surface area contributed by atoms with Gasteiger partial charge >= 0.3 is 0 Å². The molecule has 0 spiro atoms. The second-order valence-corrected chi connectivity index (χ2v) is 6.19. The van der Waals surface area contributed by atoms with E-state index in [0.29, 0.717) is 0 Å². The minimum atomic E-state index is 0.178. The Balaban J connectivity index is 2.00. The summed E-state index contributed by atoms with van der Waals surface area (Å²) in [6, 6.07) is 10.9. The van der Waals surface area contributed by atoms with Crippen LogP contribution in [-0.2, 0) is 12.0 Å². The minimum Gasteiger partial charge on any atom is -0.314 e. The number of nitrogens with zero attached hydrogens (tertiary/aromatic N) is 1. The number of rotatable bonds is 4. The lowest BCUT2D eigenvalue weighted by atomic mass is 9.79. The molecule has 0 aliphatic heterocycles. The van der Waals surface area contributed by atoms with E-state index >= 15 is 0 Å². The number of benzene rings is 1. The Morgan fingerprint density at radius 3 is 2.63 bits per heavy atom. The highest BCUT2D eigenvalue weighted by Crippen LogP contribution is 2.47. The molecule has 1 aromatic heterocycles. The fraction of sp³-hybridized carbons (Fsp3) is 0.438. The summed E-state index contributed by atoms with van der Waals surface area (Å²) < 4.78 is 0. The first kappa shape index (κ1) is 12.8. The van der Waals surface area contributed by atoms with E-state index in [1.165, 1.54) is 41.9 Å². The Bertz CT molecular complexity index is 527. The molecule has 1 fully saturated rings. The molecule has 0 amide bonds. The highest BCUT2D eigenvalue weighted by molar-refractivity contribution is 7.09. The first-order valence-electron chi connectivity index (χ1n) is 7.00. The van der Waals surface area contributed by atoms with Gasteiger partial charge in [-0.2, -0.15) is 0 Å². The van der Waals surface area contributed by atoms with Crippen LogP contribution < -0.4 is 5.32 Å². The highest BCUT2D eigenvalue weighted by atomic mass is 32.1. The van der Waals surface area contributed by atoms with Gasteiger partial charge in [0.15, 0.2) is 0 Å². The summed E-state index contributed by atoms with van der Waals surface area (Å²) >= 11 is 1.83. The second-order valence-electron chi connectivity index (χ2n) is 5.33. The van der Waals surface area contributed by atoms with E-state index < -0.39 is 0 Å². The van der Waals surface area contributed by atoms with Crippen molar-refractivity contribution in [1.29, 1.82) is 0 Å². The van der Waals surface area contributed by atoms with Gasteiger partial charge in [0.25, 0.3) is 0 Å². The average molecular weight is 272 g/mol. The molecule has 2 aromatic rings. The van der Waals surface area contributed by atoms with Crippen LogP contribution in [0, 0.1) is 0 Å². The Kier molecular flexibility index (Phi) is 3.67. The van der Waals surface area contributed by atoms with Crippen molar-refractivity contribution in [3.63, 3.8) is 0 Å². The zero-order valence-corrected chi connectivity index (χ0v) is 12.2. The molecule has 1 aromatic carbocycles. The first-order chi connectivity index (χ1) is 9.35. The summed E-state index contributed by atoms with van der Waals surface area (Å²) in [7, 11) is 1.97. The van der Waals surface area contributed by atoms with E-state index in [0.717, 1.165) is 6.54 Å². The van der Waals surface area contributed by atoms with Gasteiger partial charge in [-0.25, -0.2) is 4.98 Å². The Hall–Kier alpha value is -1.19. The second kappa shape index (κ2) is 5.43. The van der Waals surface area contributed by atoms with Gasteiger partial charge in [0.2, 0.25) is 0 Å². The molecule has 0 saturated heterocycles. The third kappa shape index (κ3) is 2.33. The van der Waals surface area contributed by atoms with Gasteiger partial charge in [-0.1, -0.05) is 43.2 Å². The summed E-state index contributed by atoms with van der Waals surface area (Å²) in [6.45, 7) is 0.862. The van der Waals surface area contributed by atoms with E-state index in [1.807, 2.05) is 18.4 Å². The summed E-state index contributed by atoms with van der Waals surface area (Å²) in [5.74, 6) is 0. The lowest BCUT2D eigenvalue weighted by Gasteiger charge is -2.27. The Morgan fingerprint density at radius 1 is 1.21 bits per heavy atom. The maximum absolute atomic E-state index is 4.89. The number of hydrogen-bond acceptors (Lipinski definition) is 3. The maximum Gasteiger partial charge on any atom is 0.103 e. The van der Waals surface area contributed by atoms with Crippen LogP contribution in [0.3, 0.4) is 0 Å². The van der Waals surface area contributed by atoms with E-state index in [-0.39, 0.29) is 5.41 Å². The molecule has 0 radical (unpaired) electrons. The molecule has 0 atom stereocenters. The van der Waals surface area contributed by atoms with E-state index in [4.69, 9.17) is 4.98 Å². The van der Waals surface area contributed by atoms with Crippen molar-refractivity contribution >= 4 is 11.3 Å². The van der Waals surface area contributed by atoms with Gasteiger partial charge in [0.05, 0.1) is 5.69 Å². The lowest BCUT2D eigenvalue weighted by Crippen LogP contribution is -2.23. The topological polar surface area (TPSA) is 24.9 Å². The third-order valence-corrected chi connectivity index (χ3v) is 5.20. The van der Waals surface area contributed by atoms with Crippen LogP contribution in [0.25, 0.3) is 0 Å². The van der Waals surface area contributed by atoms with Crippen LogP contribution >= 0.6 is 11.3 Å². The lowest BCUT2D eigenvalue weighted by molar-refractivity contribution is 0.529. The molecule has 1 saturated carbocycles. The smallest absolute Gasteiger partial charge is 0.103 e. The molecular formula is C16H20N2S. The summed E-state index contributed by atoms with van der Waals surface area (Å²) in [5, 5.41) is 6.69. The summed E-state index contributed by atoms with van der Waals surface area (Å²) in [6.07, 6.45) is 5.11.